The molecule has 3 heterocycles. The number of allylic oxidation sites excluding steroid dienone is 1. The summed E-state index contributed by atoms with van der Waals surface area (Å²) in [6, 6.07) is 31.0. The standard InChI is InChI=1S/C30H26N6O/c31-20-24(19-25-22-35(21-23-9-3-1-4-10-23)28-14-8-7-13-27(25)28)29-32-33-30(34-15-17-37-18-16-34)36(29)26-11-5-2-6-12-26/h1-14,19,22H,15-18,21H2/b24-19+. The molecule has 7 heteroatoms. The van der Waals surface area contributed by atoms with E-state index in [1.807, 2.05) is 59.2 Å². The van der Waals surface area contributed by atoms with E-state index in [9.17, 15) is 5.26 Å². The highest BCUT2D eigenvalue weighted by molar-refractivity contribution is 5.97. The average Bonchev–Trinajstić information content (AvgIpc) is 3.55. The van der Waals surface area contributed by atoms with Gasteiger partial charge in [-0.15, -0.1) is 10.2 Å². The maximum absolute atomic E-state index is 10.3. The normalized spacial score (nSPS) is 14.1. The van der Waals surface area contributed by atoms with E-state index in [0.29, 0.717) is 24.6 Å². The third-order valence-corrected chi connectivity index (χ3v) is 6.63. The third-order valence-electron chi connectivity index (χ3n) is 6.63. The summed E-state index contributed by atoms with van der Waals surface area (Å²) in [7, 11) is 0. The lowest BCUT2D eigenvalue weighted by Gasteiger charge is -2.28. The minimum absolute atomic E-state index is 0.457. The quantitative estimate of drug-likeness (QED) is 0.310. The molecule has 0 aliphatic carbocycles. The molecule has 0 bridgehead atoms. The molecule has 0 amide bonds. The van der Waals surface area contributed by atoms with E-state index < -0.39 is 0 Å². The fourth-order valence-corrected chi connectivity index (χ4v) is 4.84. The van der Waals surface area contributed by atoms with Gasteiger partial charge in [0.2, 0.25) is 5.95 Å². The molecule has 1 saturated heterocycles. The van der Waals surface area contributed by atoms with Crippen LogP contribution in [0.3, 0.4) is 0 Å². The van der Waals surface area contributed by atoms with Crippen LogP contribution in [0, 0.1) is 11.3 Å². The zero-order valence-corrected chi connectivity index (χ0v) is 20.4. The first-order valence-electron chi connectivity index (χ1n) is 12.4. The number of para-hydroxylation sites is 2. The largest absolute Gasteiger partial charge is 0.378 e. The van der Waals surface area contributed by atoms with Crippen molar-refractivity contribution >= 4 is 28.5 Å². The molecular formula is C30H26N6O. The number of morpholine rings is 1. The molecule has 7 nitrogen and oxygen atoms in total. The number of ether oxygens (including phenoxy) is 1. The van der Waals surface area contributed by atoms with Crippen molar-refractivity contribution in [2.24, 2.45) is 0 Å². The van der Waals surface area contributed by atoms with Gasteiger partial charge >= 0.3 is 0 Å². The van der Waals surface area contributed by atoms with E-state index in [-0.39, 0.29) is 0 Å². The SMILES string of the molecule is N#C/C(=C\c1cn(Cc2ccccc2)c2ccccc12)c1nnc(N2CCOCC2)n1-c1ccccc1. The van der Waals surface area contributed by atoms with Crippen LogP contribution < -0.4 is 4.90 Å². The Morgan fingerprint density at radius 3 is 2.35 bits per heavy atom. The van der Waals surface area contributed by atoms with Gasteiger partial charge in [-0.25, -0.2) is 0 Å². The summed E-state index contributed by atoms with van der Waals surface area (Å²) >= 11 is 0. The molecule has 1 fully saturated rings. The van der Waals surface area contributed by atoms with Crippen molar-refractivity contribution in [3.63, 3.8) is 0 Å². The fourth-order valence-electron chi connectivity index (χ4n) is 4.84. The Hall–Kier alpha value is -4.67. The minimum Gasteiger partial charge on any atom is -0.378 e. The van der Waals surface area contributed by atoms with Crippen molar-refractivity contribution in [3.8, 4) is 11.8 Å². The zero-order chi connectivity index (χ0) is 25.0. The van der Waals surface area contributed by atoms with Gasteiger partial charge in [-0.05, 0) is 29.8 Å². The van der Waals surface area contributed by atoms with Crippen molar-refractivity contribution in [2.45, 2.75) is 6.54 Å². The molecule has 182 valence electrons. The van der Waals surface area contributed by atoms with Gasteiger partial charge in [0.25, 0.3) is 0 Å². The van der Waals surface area contributed by atoms with Crippen molar-refractivity contribution in [3.05, 3.63) is 108 Å². The van der Waals surface area contributed by atoms with E-state index in [1.165, 1.54) is 5.56 Å². The second-order valence-corrected chi connectivity index (χ2v) is 8.98. The molecule has 0 N–H and O–H groups in total. The Morgan fingerprint density at radius 2 is 1.59 bits per heavy atom. The molecule has 2 aromatic heterocycles. The Morgan fingerprint density at radius 1 is 0.892 bits per heavy atom. The van der Waals surface area contributed by atoms with Gasteiger partial charge in [0.15, 0.2) is 5.82 Å². The lowest BCUT2D eigenvalue weighted by molar-refractivity contribution is 0.122. The maximum atomic E-state index is 10.3. The highest BCUT2D eigenvalue weighted by atomic mass is 16.5. The van der Waals surface area contributed by atoms with E-state index >= 15 is 0 Å². The summed E-state index contributed by atoms with van der Waals surface area (Å²) in [4.78, 5) is 2.16. The second kappa shape index (κ2) is 10.1. The second-order valence-electron chi connectivity index (χ2n) is 8.98. The Kier molecular flexibility index (Phi) is 6.24. The van der Waals surface area contributed by atoms with Crippen molar-refractivity contribution < 1.29 is 4.74 Å². The van der Waals surface area contributed by atoms with Crippen molar-refractivity contribution in [1.82, 2.24) is 19.3 Å². The van der Waals surface area contributed by atoms with Crippen molar-refractivity contribution in [2.75, 3.05) is 31.2 Å². The lowest BCUT2D eigenvalue weighted by Crippen LogP contribution is -2.38. The summed E-state index contributed by atoms with van der Waals surface area (Å²) < 4.78 is 9.75. The Bertz CT molecular complexity index is 1590. The first-order chi connectivity index (χ1) is 18.3. The molecule has 0 spiro atoms. The van der Waals surface area contributed by atoms with Gasteiger partial charge in [0.1, 0.15) is 6.07 Å². The first-order valence-corrected chi connectivity index (χ1v) is 12.4. The van der Waals surface area contributed by atoms with Gasteiger partial charge in [-0.3, -0.25) is 4.57 Å². The van der Waals surface area contributed by atoms with Crippen LogP contribution in [0.2, 0.25) is 0 Å². The number of nitrogens with zero attached hydrogens (tertiary/aromatic N) is 6. The van der Waals surface area contributed by atoms with Gasteiger partial charge < -0.3 is 14.2 Å². The summed E-state index contributed by atoms with van der Waals surface area (Å²) in [5.41, 5.74) is 4.68. The first kappa shape index (κ1) is 22.8. The van der Waals surface area contributed by atoms with Crippen LogP contribution in [0.5, 0.6) is 0 Å². The molecule has 1 aliphatic rings. The average molecular weight is 487 g/mol. The predicted octanol–water partition coefficient (Wildman–Crippen LogP) is 5.17. The van der Waals surface area contributed by atoms with Gasteiger partial charge in [-0.1, -0.05) is 66.7 Å². The topological polar surface area (TPSA) is 71.9 Å². The van der Waals surface area contributed by atoms with Gasteiger partial charge in [0, 0.05) is 42.3 Å². The van der Waals surface area contributed by atoms with Gasteiger partial charge in [-0.2, -0.15) is 5.26 Å². The van der Waals surface area contributed by atoms with Gasteiger partial charge in [0.05, 0.1) is 24.5 Å². The number of anilines is 1. The molecule has 6 rings (SSSR count). The Balaban J connectivity index is 1.47. The van der Waals surface area contributed by atoms with E-state index in [4.69, 9.17) is 4.74 Å². The highest BCUT2D eigenvalue weighted by Crippen LogP contribution is 2.29. The lowest BCUT2D eigenvalue weighted by atomic mass is 10.1. The molecule has 0 unspecified atom stereocenters. The number of aromatic nitrogens is 4. The molecular weight excluding hydrogens is 460 g/mol. The molecule has 3 aromatic carbocycles. The van der Waals surface area contributed by atoms with E-state index in [2.05, 4.69) is 68.3 Å². The maximum Gasteiger partial charge on any atom is 0.232 e. The van der Waals surface area contributed by atoms with Crippen LogP contribution in [0.4, 0.5) is 5.95 Å². The van der Waals surface area contributed by atoms with Crippen LogP contribution in [-0.2, 0) is 11.3 Å². The molecule has 0 atom stereocenters. The van der Waals surface area contributed by atoms with Crippen LogP contribution in [-0.4, -0.2) is 45.6 Å². The van der Waals surface area contributed by atoms with Crippen LogP contribution in [0.25, 0.3) is 28.2 Å². The van der Waals surface area contributed by atoms with E-state index in [0.717, 1.165) is 47.7 Å². The molecule has 0 radical (unpaired) electrons. The van der Waals surface area contributed by atoms with E-state index in [1.54, 1.807) is 0 Å². The number of fused-ring (bicyclic) bond motifs is 1. The summed E-state index contributed by atoms with van der Waals surface area (Å²) in [6.07, 6.45) is 4.04. The predicted molar refractivity (Wildman–Crippen MR) is 145 cm³/mol. The summed E-state index contributed by atoms with van der Waals surface area (Å²) in [5, 5.41) is 20.5. The molecule has 37 heavy (non-hydrogen) atoms. The number of rotatable bonds is 6. The fraction of sp³-hybridized carbons (Fsp3) is 0.167. The minimum atomic E-state index is 0.457. The number of hydrogen-bond donors (Lipinski definition) is 0. The van der Waals surface area contributed by atoms with Crippen LogP contribution in [0.15, 0.2) is 91.1 Å². The summed E-state index contributed by atoms with van der Waals surface area (Å²) in [5.74, 6) is 1.24. The van der Waals surface area contributed by atoms with Crippen LogP contribution in [0.1, 0.15) is 17.0 Å². The smallest absolute Gasteiger partial charge is 0.232 e. The van der Waals surface area contributed by atoms with Crippen LogP contribution >= 0.6 is 0 Å². The monoisotopic (exact) mass is 486 g/mol. The number of benzene rings is 3. The number of nitriles is 1. The highest BCUT2D eigenvalue weighted by Gasteiger charge is 2.23. The summed E-state index contributed by atoms with van der Waals surface area (Å²) in [6.45, 7) is 3.48. The number of hydrogen-bond acceptors (Lipinski definition) is 5. The Labute approximate surface area is 215 Å². The molecule has 1 aliphatic heterocycles. The molecule has 5 aromatic rings. The van der Waals surface area contributed by atoms with Crippen molar-refractivity contribution in [1.29, 1.82) is 5.26 Å². The zero-order valence-electron chi connectivity index (χ0n) is 20.4. The third kappa shape index (κ3) is 4.51. The molecule has 0 saturated carbocycles.